The van der Waals surface area contributed by atoms with Gasteiger partial charge < -0.3 is 10.4 Å². The Hall–Kier alpha value is -1.60. The highest BCUT2D eigenvalue weighted by Gasteiger charge is 2.31. The molecule has 0 radical (unpaired) electrons. The minimum atomic E-state index is -4.40. The summed E-state index contributed by atoms with van der Waals surface area (Å²) in [7, 11) is 0. The van der Waals surface area contributed by atoms with Crippen LogP contribution in [0.25, 0.3) is 0 Å². The van der Waals surface area contributed by atoms with Gasteiger partial charge >= 0.3 is 6.18 Å². The van der Waals surface area contributed by atoms with Crippen molar-refractivity contribution in [3.63, 3.8) is 0 Å². The molecule has 2 unspecified atom stereocenters. The fraction of sp³-hybridized carbons (Fsp3) is 0.562. The molecule has 0 spiro atoms. The average Bonchev–Trinajstić information content (AvgIpc) is 2.92. The lowest BCUT2D eigenvalue weighted by molar-refractivity contribution is -0.139. The predicted molar refractivity (Wildman–Crippen MR) is 79.7 cm³/mol. The van der Waals surface area contributed by atoms with Gasteiger partial charge in [-0.1, -0.05) is 30.3 Å². The van der Waals surface area contributed by atoms with E-state index in [0.717, 1.165) is 18.4 Å². The molecule has 1 aliphatic heterocycles. The predicted octanol–water partition coefficient (Wildman–Crippen LogP) is 2.25. The molecule has 4 nitrogen and oxygen atoms in total. The summed E-state index contributed by atoms with van der Waals surface area (Å²) in [6.07, 6.45) is -2.87. The van der Waals surface area contributed by atoms with Crippen LogP contribution in [0.1, 0.15) is 30.9 Å². The maximum absolute atomic E-state index is 12.1. The van der Waals surface area contributed by atoms with Crippen molar-refractivity contribution in [2.45, 2.75) is 37.6 Å². The van der Waals surface area contributed by atoms with Crippen LogP contribution in [-0.4, -0.2) is 47.8 Å². The molecule has 1 aromatic carbocycles. The fourth-order valence-corrected chi connectivity index (χ4v) is 2.88. The first-order valence-electron chi connectivity index (χ1n) is 7.65. The van der Waals surface area contributed by atoms with E-state index >= 15 is 0 Å². The van der Waals surface area contributed by atoms with Gasteiger partial charge in [-0.15, -0.1) is 0 Å². The van der Waals surface area contributed by atoms with E-state index in [1.54, 1.807) is 0 Å². The maximum Gasteiger partial charge on any atom is 0.405 e. The number of rotatable bonds is 6. The van der Waals surface area contributed by atoms with E-state index in [1.165, 1.54) is 0 Å². The molecule has 0 bridgehead atoms. The molecule has 0 aromatic heterocycles. The zero-order chi connectivity index (χ0) is 16.9. The second-order valence-electron chi connectivity index (χ2n) is 5.82. The van der Waals surface area contributed by atoms with E-state index in [0.29, 0.717) is 13.0 Å². The Balaban J connectivity index is 1.84. The quantitative estimate of drug-likeness (QED) is 0.841. The number of carbonyl (C=O) groups excluding carboxylic acids is 1. The van der Waals surface area contributed by atoms with Crippen LogP contribution in [0.2, 0.25) is 0 Å². The van der Waals surface area contributed by atoms with Gasteiger partial charge in [0, 0.05) is 6.04 Å². The SMILES string of the molecule is O=C(CN1CCCC1CC(O)c1ccccc1)NCC(F)(F)F. The van der Waals surface area contributed by atoms with Crippen LogP contribution in [0.4, 0.5) is 13.2 Å². The number of halogens is 3. The van der Waals surface area contributed by atoms with E-state index in [9.17, 15) is 23.1 Å². The molecule has 2 atom stereocenters. The number of carbonyl (C=O) groups is 1. The number of likely N-dealkylation sites (tertiary alicyclic amines) is 1. The Morgan fingerprint density at radius 3 is 2.70 bits per heavy atom. The molecule has 1 heterocycles. The van der Waals surface area contributed by atoms with Crippen LogP contribution in [-0.2, 0) is 4.79 Å². The average molecular weight is 330 g/mol. The molecule has 1 fully saturated rings. The molecule has 2 rings (SSSR count). The highest BCUT2D eigenvalue weighted by atomic mass is 19.4. The number of aliphatic hydroxyl groups is 1. The van der Waals surface area contributed by atoms with Gasteiger partial charge in [0.05, 0.1) is 12.6 Å². The van der Waals surface area contributed by atoms with E-state index in [-0.39, 0.29) is 12.6 Å². The minimum absolute atomic E-state index is 0.00171. The molecular weight excluding hydrogens is 309 g/mol. The zero-order valence-electron chi connectivity index (χ0n) is 12.7. The molecule has 1 saturated heterocycles. The van der Waals surface area contributed by atoms with Crippen LogP contribution in [0.15, 0.2) is 30.3 Å². The number of hydrogen-bond acceptors (Lipinski definition) is 3. The first kappa shape index (κ1) is 17.7. The molecule has 1 amide bonds. The standard InChI is InChI=1S/C16H21F3N2O2/c17-16(18,19)11-20-15(23)10-21-8-4-7-13(21)9-14(22)12-5-2-1-3-6-12/h1-3,5-6,13-14,22H,4,7-11H2,(H,20,23). The van der Waals surface area contributed by atoms with Crippen molar-refractivity contribution in [1.29, 1.82) is 0 Å². The maximum atomic E-state index is 12.1. The van der Waals surface area contributed by atoms with E-state index in [4.69, 9.17) is 0 Å². The van der Waals surface area contributed by atoms with Gasteiger partial charge in [-0.3, -0.25) is 9.69 Å². The number of nitrogens with zero attached hydrogens (tertiary/aromatic N) is 1. The molecule has 1 aliphatic rings. The minimum Gasteiger partial charge on any atom is -0.388 e. The first-order valence-corrected chi connectivity index (χ1v) is 7.65. The lowest BCUT2D eigenvalue weighted by Gasteiger charge is -2.26. The van der Waals surface area contributed by atoms with Gasteiger partial charge in [0.1, 0.15) is 6.54 Å². The second-order valence-corrected chi connectivity index (χ2v) is 5.82. The van der Waals surface area contributed by atoms with Gasteiger partial charge in [0.2, 0.25) is 5.91 Å². The van der Waals surface area contributed by atoms with Crippen LogP contribution in [0.3, 0.4) is 0 Å². The van der Waals surface area contributed by atoms with E-state index < -0.39 is 24.7 Å². The molecule has 128 valence electrons. The summed E-state index contributed by atoms with van der Waals surface area (Å²) in [5, 5.41) is 12.2. The number of alkyl halides is 3. The number of benzene rings is 1. The van der Waals surface area contributed by atoms with Gasteiger partial charge in [0.15, 0.2) is 0 Å². The summed E-state index contributed by atoms with van der Waals surface area (Å²) in [4.78, 5) is 13.5. The first-order chi connectivity index (χ1) is 10.8. The number of hydrogen-bond donors (Lipinski definition) is 2. The van der Waals surface area contributed by atoms with Crippen molar-refractivity contribution >= 4 is 5.91 Å². The van der Waals surface area contributed by atoms with Crippen molar-refractivity contribution in [2.24, 2.45) is 0 Å². The molecule has 23 heavy (non-hydrogen) atoms. The zero-order valence-corrected chi connectivity index (χ0v) is 12.7. The van der Waals surface area contributed by atoms with Gasteiger partial charge in [-0.2, -0.15) is 13.2 Å². The fourth-order valence-electron chi connectivity index (χ4n) is 2.88. The van der Waals surface area contributed by atoms with Gasteiger partial charge in [0.25, 0.3) is 0 Å². The third kappa shape index (κ3) is 5.84. The van der Waals surface area contributed by atoms with E-state index in [1.807, 2.05) is 40.5 Å². The van der Waals surface area contributed by atoms with Gasteiger partial charge in [-0.05, 0) is 31.4 Å². The van der Waals surface area contributed by atoms with Crippen molar-refractivity contribution in [1.82, 2.24) is 10.2 Å². The normalized spacial score (nSPS) is 20.4. The molecule has 0 saturated carbocycles. The number of amides is 1. The van der Waals surface area contributed by atoms with Crippen molar-refractivity contribution < 1.29 is 23.1 Å². The largest absolute Gasteiger partial charge is 0.405 e. The Morgan fingerprint density at radius 2 is 2.04 bits per heavy atom. The topological polar surface area (TPSA) is 52.6 Å². The highest BCUT2D eigenvalue weighted by Crippen LogP contribution is 2.27. The Labute approximate surface area is 133 Å². The van der Waals surface area contributed by atoms with Crippen LogP contribution in [0, 0.1) is 0 Å². The van der Waals surface area contributed by atoms with Gasteiger partial charge in [-0.25, -0.2) is 0 Å². The number of aliphatic hydroxyl groups excluding tert-OH is 1. The summed E-state index contributed by atoms with van der Waals surface area (Å²) in [6.45, 7) is -0.717. The third-order valence-electron chi connectivity index (χ3n) is 4.01. The molecule has 2 N–H and O–H groups in total. The molecule has 0 aliphatic carbocycles. The summed E-state index contributed by atoms with van der Waals surface area (Å²) in [5.41, 5.74) is 0.806. The summed E-state index contributed by atoms with van der Waals surface area (Å²) in [6, 6.07) is 9.22. The number of nitrogens with one attached hydrogen (secondary N) is 1. The van der Waals surface area contributed by atoms with Crippen molar-refractivity contribution in [3.8, 4) is 0 Å². The second kappa shape index (κ2) is 7.79. The Morgan fingerprint density at radius 1 is 1.35 bits per heavy atom. The lowest BCUT2D eigenvalue weighted by atomic mass is 10.0. The Bertz CT molecular complexity index is 508. The Kier molecular flexibility index (Phi) is 6.01. The third-order valence-corrected chi connectivity index (χ3v) is 4.01. The lowest BCUT2D eigenvalue weighted by Crippen LogP contribution is -2.43. The molecular formula is C16H21F3N2O2. The summed E-state index contributed by atoms with van der Waals surface area (Å²) < 4.78 is 36.3. The molecule has 7 heteroatoms. The van der Waals surface area contributed by atoms with Crippen LogP contribution in [0.5, 0.6) is 0 Å². The summed E-state index contributed by atoms with van der Waals surface area (Å²) >= 11 is 0. The monoisotopic (exact) mass is 330 g/mol. The highest BCUT2D eigenvalue weighted by molar-refractivity contribution is 5.78. The smallest absolute Gasteiger partial charge is 0.388 e. The molecule has 1 aromatic rings. The summed E-state index contributed by atoms with van der Waals surface area (Å²) in [5.74, 6) is -0.636. The van der Waals surface area contributed by atoms with Crippen molar-refractivity contribution in [3.05, 3.63) is 35.9 Å². The van der Waals surface area contributed by atoms with Crippen molar-refractivity contribution in [2.75, 3.05) is 19.6 Å². The van der Waals surface area contributed by atoms with Crippen LogP contribution >= 0.6 is 0 Å². The van der Waals surface area contributed by atoms with Crippen LogP contribution < -0.4 is 5.32 Å². The van der Waals surface area contributed by atoms with E-state index in [2.05, 4.69) is 0 Å².